The number of anilines is 2. The van der Waals surface area contributed by atoms with Crippen molar-refractivity contribution in [2.75, 3.05) is 17.2 Å². The topological polar surface area (TPSA) is 42.2 Å². The lowest BCUT2D eigenvalue weighted by Gasteiger charge is -2.35. The van der Waals surface area contributed by atoms with Gasteiger partial charge in [-0.05, 0) is 25.8 Å². The number of nitrogens with two attached hydrogens (primary N) is 1. The molecule has 1 aliphatic carbocycles. The van der Waals surface area contributed by atoms with Crippen LogP contribution in [0.3, 0.4) is 0 Å². The highest BCUT2D eigenvalue weighted by Crippen LogP contribution is 2.29. The van der Waals surface area contributed by atoms with E-state index in [4.69, 9.17) is 5.73 Å². The van der Waals surface area contributed by atoms with Gasteiger partial charge in [-0.25, -0.2) is 0 Å². The Kier molecular flexibility index (Phi) is 3.65. The van der Waals surface area contributed by atoms with Gasteiger partial charge < -0.3 is 10.6 Å². The quantitative estimate of drug-likeness (QED) is 0.850. The van der Waals surface area contributed by atoms with Gasteiger partial charge in [0.15, 0.2) is 0 Å². The maximum atomic E-state index is 6.00. The van der Waals surface area contributed by atoms with Crippen LogP contribution < -0.4 is 10.6 Å². The van der Waals surface area contributed by atoms with Gasteiger partial charge >= 0.3 is 0 Å². The third-order valence-corrected chi connectivity index (χ3v) is 3.49. The summed E-state index contributed by atoms with van der Waals surface area (Å²) in [7, 11) is 0. The molecule has 0 aliphatic heterocycles. The van der Waals surface area contributed by atoms with Crippen molar-refractivity contribution >= 4 is 11.4 Å². The zero-order valence-electron chi connectivity index (χ0n) is 10.0. The van der Waals surface area contributed by atoms with Crippen molar-refractivity contribution in [3.63, 3.8) is 0 Å². The first-order valence-corrected chi connectivity index (χ1v) is 6.29. The highest BCUT2D eigenvalue weighted by molar-refractivity contribution is 5.66. The predicted molar refractivity (Wildman–Crippen MR) is 68.5 cm³/mol. The summed E-state index contributed by atoms with van der Waals surface area (Å²) >= 11 is 0. The molecule has 2 N–H and O–H groups in total. The van der Waals surface area contributed by atoms with E-state index in [2.05, 4.69) is 16.8 Å². The molecule has 2 rings (SSSR count). The lowest BCUT2D eigenvalue weighted by atomic mass is 9.94. The average molecular weight is 219 g/mol. The first-order valence-electron chi connectivity index (χ1n) is 6.29. The number of rotatable bonds is 3. The van der Waals surface area contributed by atoms with Crippen LogP contribution in [0.1, 0.15) is 39.0 Å². The largest absolute Gasteiger partial charge is 0.396 e. The summed E-state index contributed by atoms with van der Waals surface area (Å²) in [5, 5.41) is 0. The Labute approximate surface area is 97.7 Å². The Morgan fingerprint density at radius 2 is 2.12 bits per heavy atom. The van der Waals surface area contributed by atoms with Gasteiger partial charge in [0.05, 0.1) is 17.6 Å². The molecule has 16 heavy (non-hydrogen) atoms. The van der Waals surface area contributed by atoms with Gasteiger partial charge in [-0.2, -0.15) is 0 Å². The molecular formula is C13H21N3. The third-order valence-electron chi connectivity index (χ3n) is 3.49. The highest BCUT2D eigenvalue weighted by Gasteiger charge is 2.21. The molecule has 1 heterocycles. The normalized spacial score (nSPS) is 17.3. The molecule has 1 fully saturated rings. The van der Waals surface area contributed by atoms with E-state index in [0.717, 1.165) is 17.9 Å². The molecule has 0 spiro atoms. The lowest BCUT2D eigenvalue weighted by Crippen LogP contribution is -2.37. The Balaban J connectivity index is 2.18. The summed E-state index contributed by atoms with van der Waals surface area (Å²) in [6.07, 6.45) is 10.3. The zero-order valence-corrected chi connectivity index (χ0v) is 10.0. The standard InChI is InChI=1S/C13H21N3/c1-2-16(11-6-4-3-5-7-11)13-8-9-15-10-12(13)14/h8-11H,2-7,14H2,1H3. The molecule has 0 saturated heterocycles. The van der Waals surface area contributed by atoms with Crippen LogP contribution in [0.15, 0.2) is 18.5 Å². The van der Waals surface area contributed by atoms with Crippen LogP contribution in [0.4, 0.5) is 11.4 Å². The molecule has 1 aromatic rings. The number of hydrogen-bond acceptors (Lipinski definition) is 3. The van der Waals surface area contributed by atoms with Gasteiger partial charge in [0, 0.05) is 18.8 Å². The summed E-state index contributed by atoms with van der Waals surface area (Å²) < 4.78 is 0. The molecule has 0 amide bonds. The molecule has 3 nitrogen and oxygen atoms in total. The summed E-state index contributed by atoms with van der Waals surface area (Å²) in [6, 6.07) is 2.71. The first-order chi connectivity index (χ1) is 7.83. The lowest BCUT2D eigenvalue weighted by molar-refractivity contribution is 0.418. The van der Waals surface area contributed by atoms with Gasteiger partial charge in [0.2, 0.25) is 0 Å². The average Bonchev–Trinajstić information content (AvgIpc) is 2.34. The van der Waals surface area contributed by atoms with E-state index in [1.54, 1.807) is 6.20 Å². The number of hydrogen-bond donors (Lipinski definition) is 1. The molecule has 0 aromatic carbocycles. The predicted octanol–water partition coefficient (Wildman–Crippen LogP) is 2.82. The van der Waals surface area contributed by atoms with Gasteiger partial charge in [-0.1, -0.05) is 19.3 Å². The molecule has 3 heteroatoms. The fraction of sp³-hybridized carbons (Fsp3) is 0.615. The van der Waals surface area contributed by atoms with E-state index < -0.39 is 0 Å². The fourth-order valence-electron chi connectivity index (χ4n) is 2.68. The van der Waals surface area contributed by atoms with Crippen LogP contribution in [0.25, 0.3) is 0 Å². The Bertz CT molecular complexity index is 332. The number of pyridine rings is 1. The molecule has 0 unspecified atom stereocenters. The summed E-state index contributed by atoms with van der Waals surface area (Å²) in [4.78, 5) is 6.50. The van der Waals surface area contributed by atoms with Crippen molar-refractivity contribution in [3.8, 4) is 0 Å². The minimum absolute atomic E-state index is 0.670. The van der Waals surface area contributed by atoms with Crippen LogP contribution in [-0.4, -0.2) is 17.6 Å². The summed E-state index contributed by atoms with van der Waals surface area (Å²) in [5.41, 5.74) is 7.96. The molecule has 0 atom stereocenters. The molecular weight excluding hydrogens is 198 g/mol. The zero-order chi connectivity index (χ0) is 11.4. The Morgan fingerprint density at radius 1 is 1.38 bits per heavy atom. The smallest absolute Gasteiger partial charge is 0.0738 e. The number of aromatic nitrogens is 1. The van der Waals surface area contributed by atoms with Crippen molar-refractivity contribution in [2.24, 2.45) is 0 Å². The minimum Gasteiger partial charge on any atom is -0.396 e. The molecule has 1 saturated carbocycles. The Morgan fingerprint density at radius 3 is 2.75 bits per heavy atom. The van der Waals surface area contributed by atoms with E-state index in [-0.39, 0.29) is 0 Å². The second-order valence-electron chi connectivity index (χ2n) is 4.51. The van der Waals surface area contributed by atoms with Gasteiger partial charge in [-0.3, -0.25) is 4.98 Å². The van der Waals surface area contributed by atoms with Crippen LogP contribution >= 0.6 is 0 Å². The van der Waals surface area contributed by atoms with E-state index in [0.29, 0.717) is 6.04 Å². The number of nitrogens with zero attached hydrogens (tertiary/aromatic N) is 2. The van der Waals surface area contributed by atoms with Gasteiger partial charge in [-0.15, -0.1) is 0 Å². The summed E-state index contributed by atoms with van der Waals surface area (Å²) in [6.45, 7) is 3.23. The fourth-order valence-corrected chi connectivity index (χ4v) is 2.68. The second-order valence-corrected chi connectivity index (χ2v) is 4.51. The third kappa shape index (κ3) is 2.29. The number of nitrogen functional groups attached to an aromatic ring is 1. The monoisotopic (exact) mass is 219 g/mol. The van der Waals surface area contributed by atoms with E-state index in [1.807, 2.05) is 12.3 Å². The molecule has 88 valence electrons. The van der Waals surface area contributed by atoms with Crippen molar-refractivity contribution in [3.05, 3.63) is 18.5 Å². The van der Waals surface area contributed by atoms with Crippen molar-refractivity contribution in [1.82, 2.24) is 4.98 Å². The van der Waals surface area contributed by atoms with Gasteiger partial charge in [0.25, 0.3) is 0 Å². The SMILES string of the molecule is CCN(c1ccncc1N)C1CCCCC1. The van der Waals surface area contributed by atoms with Gasteiger partial charge in [0.1, 0.15) is 0 Å². The summed E-state index contributed by atoms with van der Waals surface area (Å²) in [5.74, 6) is 0. The first kappa shape index (κ1) is 11.2. The van der Waals surface area contributed by atoms with E-state index in [1.165, 1.54) is 32.1 Å². The van der Waals surface area contributed by atoms with Crippen LogP contribution in [0.2, 0.25) is 0 Å². The molecule has 1 aromatic heterocycles. The van der Waals surface area contributed by atoms with Crippen molar-refractivity contribution in [2.45, 2.75) is 45.1 Å². The molecule has 0 bridgehead atoms. The molecule has 0 radical (unpaired) electrons. The second kappa shape index (κ2) is 5.19. The maximum Gasteiger partial charge on any atom is 0.0738 e. The van der Waals surface area contributed by atoms with Crippen LogP contribution in [0.5, 0.6) is 0 Å². The minimum atomic E-state index is 0.670. The Hall–Kier alpha value is -1.25. The van der Waals surface area contributed by atoms with Crippen molar-refractivity contribution < 1.29 is 0 Å². The maximum absolute atomic E-state index is 6.00. The highest BCUT2D eigenvalue weighted by atomic mass is 15.2. The van der Waals surface area contributed by atoms with Crippen LogP contribution in [-0.2, 0) is 0 Å². The van der Waals surface area contributed by atoms with E-state index >= 15 is 0 Å². The van der Waals surface area contributed by atoms with Crippen LogP contribution in [0, 0.1) is 0 Å². The van der Waals surface area contributed by atoms with Crippen molar-refractivity contribution in [1.29, 1.82) is 0 Å². The molecule has 1 aliphatic rings. The van der Waals surface area contributed by atoms with E-state index in [9.17, 15) is 0 Å².